The lowest BCUT2D eigenvalue weighted by molar-refractivity contribution is -0.0499. The lowest BCUT2D eigenvalue weighted by Gasteiger charge is -2.37. The van der Waals surface area contributed by atoms with Crippen molar-refractivity contribution < 1.29 is 59.2 Å². The molecule has 0 atom stereocenters. The number of ether oxygens (including phenoxy) is 2. The van der Waals surface area contributed by atoms with Crippen LogP contribution in [0.3, 0.4) is 0 Å². The number of nitrogens with zero attached hydrogens (tertiary/aromatic N) is 13. The summed E-state index contributed by atoms with van der Waals surface area (Å²) in [4.78, 5) is 76.0. The number of aromatic hydroxyl groups is 1. The number of piperazine rings is 6. The zero-order valence-corrected chi connectivity index (χ0v) is 80.0. The van der Waals surface area contributed by atoms with Gasteiger partial charge in [-0.25, -0.2) is 9.59 Å². The monoisotopic (exact) mass is 1930 g/mol. The van der Waals surface area contributed by atoms with E-state index in [1.807, 2.05) is 122 Å². The number of alkyl halides is 3. The molecule has 6 aliphatic heterocycles. The number of para-hydroxylation sites is 5. The van der Waals surface area contributed by atoms with Crippen LogP contribution in [-0.4, -0.2) is 245 Å². The lowest BCUT2D eigenvalue weighted by Crippen LogP contribution is -2.50. The van der Waals surface area contributed by atoms with Crippen molar-refractivity contribution in [2.24, 2.45) is 5.73 Å². The van der Waals surface area contributed by atoms with Gasteiger partial charge in [0.15, 0.2) is 11.5 Å². The van der Waals surface area contributed by atoms with Gasteiger partial charge in [0, 0.05) is 243 Å². The summed E-state index contributed by atoms with van der Waals surface area (Å²) in [7, 11) is -5.68. The van der Waals surface area contributed by atoms with E-state index in [2.05, 4.69) is 188 Å². The number of phenols is 1. The van der Waals surface area contributed by atoms with Gasteiger partial charge >= 0.3 is 27.8 Å². The molecule has 13 heterocycles. The summed E-state index contributed by atoms with van der Waals surface area (Å²) in [5.74, 6) is -0.536. The quantitative estimate of drug-likeness (QED) is 0.0549. The van der Waals surface area contributed by atoms with Gasteiger partial charge in [-0.2, -0.15) is 21.6 Å². The van der Waals surface area contributed by atoms with E-state index in [1.54, 1.807) is 52.4 Å². The molecule has 29 nitrogen and oxygen atoms in total. The molecule has 14 aromatic rings. The summed E-state index contributed by atoms with van der Waals surface area (Å²) >= 11 is 0. The van der Waals surface area contributed by atoms with Crippen LogP contribution in [0.1, 0.15) is 57.8 Å². The van der Waals surface area contributed by atoms with Gasteiger partial charge in [0.2, 0.25) is 0 Å². The van der Waals surface area contributed by atoms with Crippen LogP contribution in [0, 0.1) is 6.92 Å². The topological polar surface area (TPSA) is 333 Å². The van der Waals surface area contributed by atoms with E-state index in [0.29, 0.717) is 29.6 Å². The second-order valence-electron chi connectivity index (χ2n) is 33.9. The van der Waals surface area contributed by atoms with Gasteiger partial charge < -0.3 is 89.8 Å². The first-order valence-electron chi connectivity index (χ1n) is 44.4. The molecule has 0 bridgehead atoms. The highest BCUT2D eigenvalue weighted by molar-refractivity contribution is 7.88. The number of aryl methyl sites for hydroxylation is 1. The van der Waals surface area contributed by atoms with Crippen LogP contribution in [0.15, 0.2) is 242 Å². The smallest absolute Gasteiger partial charge is 0.506 e. The zero-order valence-electron chi connectivity index (χ0n) is 76.8. The molecule has 6 aliphatic rings. The van der Waals surface area contributed by atoms with E-state index in [0.717, 1.165) is 205 Å². The number of amides is 3. The summed E-state index contributed by atoms with van der Waals surface area (Å²) in [5, 5.41) is 33.1. The number of hydrogen-bond acceptors (Lipinski definition) is 26. The first kappa shape index (κ1) is 105. The highest BCUT2D eigenvalue weighted by Crippen LogP contribution is 2.34. The van der Waals surface area contributed by atoms with Crippen LogP contribution in [0.25, 0.3) is 76.4 Å². The number of phenolic OH excluding ortho intramolecular Hbond substituents is 1. The van der Waals surface area contributed by atoms with Gasteiger partial charge in [-0.15, -0.1) is 37.2 Å². The van der Waals surface area contributed by atoms with E-state index in [4.69, 9.17) is 19.6 Å². The highest BCUT2D eigenvalue weighted by atomic mass is 35.5. The van der Waals surface area contributed by atoms with Crippen LogP contribution in [0.5, 0.6) is 11.5 Å². The Balaban J connectivity index is 0.000000160. The minimum atomic E-state index is -5.68. The summed E-state index contributed by atoms with van der Waals surface area (Å²) in [6.45, 7) is 36.3. The van der Waals surface area contributed by atoms with Gasteiger partial charge in [0.1, 0.15) is 33.6 Å². The zero-order chi connectivity index (χ0) is 93.2. The van der Waals surface area contributed by atoms with Crippen LogP contribution in [0.4, 0.5) is 51.2 Å². The molecule has 718 valence electrons. The largest absolute Gasteiger partial charge is 0.534 e. The third-order valence-electron chi connectivity index (χ3n) is 22.0. The average molecular weight is 1930 g/mol. The van der Waals surface area contributed by atoms with Crippen LogP contribution < -0.4 is 61.0 Å². The fraction of sp³-hybridized carbons (Fsp3) is 0.343. The molecule has 8 N–H and O–H groups in total. The predicted octanol–water partition coefficient (Wildman–Crippen LogP) is 16.0. The molecule has 135 heavy (non-hydrogen) atoms. The predicted molar refractivity (Wildman–Crippen MR) is 540 cm³/mol. The number of hydrogen-bond donors (Lipinski definition) is 7. The second-order valence-corrected chi connectivity index (χ2v) is 35.4. The molecule has 7 aromatic carbocycles. The summed E-state index contributed by atoms with van der Waals surface area (Å²) < 4.78 is 78.4. The number of halogens is 6. The number of furan rings is 1. The first-order valence-corrected chi connectivity index (χ1v) is 45.8. The number of carbonyl (C=O) groups is 3. The average Bonchev–Trinajstić information content (AvgIpc) is 1.78. The Morgan fingerprint density at radius 1 is 0.393 bits per heavy atom. The third-order valence-corrected chi connectivity index (χ3v) is 23.0. The number of aromatic nitrogens is 6. The van der Waals surface area contributed by atoms with Gasteiger partial charge in [-0.05, 0) is 152 Å². The Hall–Kier alpha value is -12.4. The molecule has 0 unspecified atom stereocenters. The first-order chi connectivity index (χ1) is 63.6. The maximum atomic E-state index is 12.2. The van der Waals surface area contributed by atoms with E-state index in [9.17, 15) is 41.1 Å². The number of rotatable bonds is 8. The Morgan fingerprint density at radius 2 is 0.756 bits per heavy atom. The molecule has 36 heteroatoms. The highest BCUT2D eigenvalue weighted by Gasteiger charge is 2.49. The van der Waals surface area contributed by atoms with E-state index in [-0.39, 0.29) is 72.0 Å². The van der Waals surface area contributed by atoms with E-state index < -0.39 is 32.9 Å². The van der Waals surface area contributed by atoms with Gasteiger partial charge in [-0.1, -0.05) is 103 Å². The van der Waals surface area contributed by atoms with Crippen molar-refractivity contribution in [2.75, 3.05) is 182 Å². The fourth-order valence-electron chi connectivity index (χ4n) is 15.5. The number of carbonyl (C=O) groups excluding carboxylic acids is 3. The van der Waals surface area contributed by atoms with Gasteiger partial charge in [0.25, 0.3) is 5.91 Å². The number of benzene rings is 7. The Bertz CT molecular complexity index is 6280. The number of anilines is 5. The van der Waals surface area contributed by atoms with Crippen molar-refractivity contribution in [3.8, 4) is 11.5 Å². The molecule has 3 amide bonds. The van der Waals surface area contributed by atoms with E-state index in [1.165, 1.54) is 45.5 Å². The molecule has 0 saturated carbocycles. The van der Waals surface area contributed by atoms with Crippen molar-refractivity contribution in [3.05, 3.63) is 249 Å². The second kappa shape index (κ2) is 49.7. The van der Waals surface area contributed by atoms with Crippen molar-refractivity contribution in [1.29, 1.82) is 0 Å². The molecular weight excluding hydrogens is 1810 g/mol. The van der Waals surface area contributed by atoms with Crippen molar-refractivity contribution in [1.82, 2.24) is 66.3 Å². The maximum absolute atomic E-state index is 12.2. The SMILES string of the molecule is CC(C)(C)OC(=O)N1CCN(c2cccc3cccnc23)CC1.CC(C)(C)OC(=O)N1CCNCC1.Cc1ccc2cccc(N3CCNCC3)c2n1.Cl.Cl.Cl.NC(=O)c1cc2cc(N3CCNCC3)ccc2o1.O=S(=O)(Oc1cccc2cccnc12)C(F)(F)F.Oc1cccc2cccnc12.c1cnc2c(N3CCNCC3)cccc2c1.c1cnc2cc(N3CCNCC3)ccc2c1. The Labute approximate surface area is 803 Å². The van der Waals surface area contributed by atoms with Crippen LogP contribution in [-0.2, 0) is 19.6 Å². The number of primary amides is 1. The van der Waals surface area contributed by atoms with Crippen molar-refractivity contribution in [3.63, 3.8) is 0 Å². The molecule has 6 fully saturated rings. The summed E-state index contributed by atoms with van der Waals surface area (Å²) in [6.07, 6.45) is 8.11. The molecule has 0 radical (unpaired) electrons. The molecule has 6 saturated heterocycles. The maximum Gasteiger partial charge on any atom is 0.534 e. The number of nitrogens with one attached hydrogen (secondary N) is 5. The summed E-state index contributed by atoms with van der Waals surface area (Å²) in [5.41, 5.74) is 11.8. The normalized spacial score (nSPS) is 15.1. The fourth-order valence-corrected chi connectivity index (χ4v) is 15.9. The minimum absolute atomic E-state index is 0. The van der Waals surface area contributed by atoms with Crippen LogP contribution >= 0.6 is 37.2 Å². The lowest BCUT2D eigenvalue weighted by atomic mass is 10.1. The van der Waals surface area contributed by atoms with E-state index >= 15 is 0 Å². The molecule has 7 aromatic heterocycles. The number of pyridine rings is 6. The third kappa shape index (κ3) is 29.8. The molecular formula is C99H119Cl3F3N19O10S. The van der Waals surface area contributed by atoms with Gasteiger partial charge in [0.05, 0.1) is 39.1 Å². The van der Waals surface area contributed by atoms with Crippen molar-refractivity contribution in [2.45, 2.75) is 65.2 Å². The van der Waals surface area contributed by atoms with Gasteiger partial charge in [-0.3, -0.25) is 34.7 Å². The standard InChI is InChI=1S/C18H23N3O2.C14H17N3.C13H15N3O2.2C13H15N3.C10H6F3NO3S.C9H18N2O2.C9H7NO.3ClH/c1-18(2,3)23-17(22)21-12-10-20(11-13-21)15-8-4-6-14-7-5-9-19-16(14)15;1-11-5-6-12-3-2-4-13(14(12)16-11)17-9-7-15-8-10-17;14-13(17)12-8-9-7-10(1-2-11(9)18-12)16-5-3-15-4-6-16;1-3-11-4-2-6-15-13(11)12(5-1)16-9-7-14-8-10-16;1-2-11-3-4-12(10-13(11)15-5-1)16-8-6-14-7-9-16;11-10(12,13)18(15,16)17-8-5-1-3-7-4-2-6-14-9(7)8;1-9(2,3)13-8(12)11-6-4-10-5-7-11;11-8-5-1-3-7-4-2-6-10-9(7)8;;;/h4-9H,10-13H2,1-3H3;2-6,15H,7-10H2,1H3;1-2,7-8,15H,3-6H2,(H2,14,17);1-6,14H,7-10H2;1-5,10,14H,6-9H2;1-6H;10H,4-7H2,1-3H3;1-6,11H;3*1H. The molecule has 0 spiro atoms. The summed E-state index contributed by atoms with van der Waals surface area (Å²) in [6, 6.07) is 66.0. The Kier molecular flexibility index (Phi) is 38.5. The molecule has 0 aliphatic carbocycles. The number of fused-ring (bicyclic) bond motifs is 7. The van der Waals surface area contributed by atoms with Crippen LogP contribution in [0.2, 0.25) is 0 Å². The molecule has 20 rings (SSSR count). The Morgan fingerprint density at radius 3 is 1.22 bits per heavy atom. The number of nitrogens with two attached hydrogens (primary N) is 1. The minimum Gasteiger partial charge on any atom is -0.506 e. The van der Waals surface area contributed by atoms with Crippen molar-refractivity contribution >= 4 is 170 Å².